The second-order valence-electron chi connectivity index (χ2n) is 10.2. The number of nitrogen functional groups attached to an aromatic ring is 1. The van der Waals surface area contributed by atoms with Crippen LogP contribution >= 0.6 is 0 Å². The average molecular weight is 539 g/mol. The number of fused-ring (bicyclic) bond motifs is 2. The second-order valence-corrected chi connectivity index (χ2v) is 10.2. The molecular formula is C28H30N10O2. The number of hydrogen-bond acceptors (Lipinski definition) is 7. The number of carbonyl (C=O) groups is 2. The third kappa shape index (κ3) is 4.47. The third-order valence-corrected chi connectivity index (χ3v) is 7.30. The number of amides is 3. The molecule has 0 saturated carbocycles. The molecule has 0 spiro atoms. The molecule has 12 nitrogen and oxygen atoms in total. The number of aromatic amines is 1. The summed E-state index contributed by atoms with van der Waals surface area (Å²) in [5.74, 6) is 6.41. The standard InChI is InChI=1S/C28H30N10O2/c1-35(2)27(39)20-5-4-6-23-21(20)13-24(38(23)29)25-22-12-18(15-31-26(22)34-33-25)17-11-19(16-30-14-17)32-28(40)37-9-7-36(3)8-10-37/h4-6,11-16H,7-10,29H2,1-3H3,(H,32,40)(H,31,33,34). The van der Waals surface area contributed by atoms with Crippen molar-refractivity contribution in [3.8, 4) is 22.5 Å². The maximum Gasteiger partial charge on any atom is 0.321 e. The fourth-order valence-electron chi connectivity index (χ4n) is 5.00. The van der Waals surface area contributed by atoms with Crippen molar-refractivity contribution in [2.24, 2.45) is 0 Å². The Bertz CT molecular complexity index is 1750. The zero-order chi connectivity index (χ0) is 28.0. The summed E-state index contributed by atoms with van der Waals surface area (Å²) < 4.78 is 1.55. The lowest BCUT2D eigenvalue weighted by Gasteiger charge is -2.32. The van der Waals surface area contributed by atoms with Crippen molar-refractivity contribution < 1.29 is 9.59 Å². The van der Waals surface area contributed by atoms with Gasteiger partial charge in [-0.05, 0) is 37.4 Å². The molecule has 5 heterocycles. The number of urea groups is 1. The van der Waals surface area contributed by atoms with Gasteiger partial charge in [0.2, 0.25) is 0 Å². The Morgan fingerprint density at radius 3 is 2.55 bits per heavy atom. The van der Waals surface area contributed by atoms with E-state index in [4.69, 9.17) is 5.84 Å². The monoisotopic (exact) mass is 538 g/mol. The van der Waals surface area contributed by atoms with Gasteiger partial charge in [-0.2, -0.15) is 5.10 Å². The summed E-state index contributed by atoms with van der Waals surface area (Å²) in [5.41, 5.74) is 5.38. The van der Waals surface area contributed by atoms with Crippen LogP contribution < -0.4 is 11.2 Å². The molecule has 1 fully saturated rings. The lowest BCUT2D eigenvalue weighted by atomic mass is 10.1. The van der Waals surface area contributed by atoms with Gasteiger partial charge in [0.05, 0.1) is 28.8 Å². The van der Waals surface area contributed by atoms with Crippen LogP contribution in [0.3, 0.4) is 0 Å². The number of nitrogens with two attached hydrogens (primary N) is 1. The molecule has 4 aromatic heterocycles. The minimum absolute atomic E-state index is 0.103. The van der Waals surface area contributed by atoms with Crippen LogP contribution in [0.15, 0.2) is 55.0 Å². The largest absolute Gasteiger partial charge is 0.345 e. The van der Waals surface area contributed by atoms with Crippen molar-refractivity contribution in [1.82, 2.24) is 39.5 Å². The highest BCUT2D eigenvalue weighted by atomic mass is 16.2. The Hall–Kier alpha value is -4.97. The SMILES string of the molecule is CN1CCN(C(=O)Nc2cncc(-c3cnc4n[nH]c(-c5cc6c(C(=O)N(C)C)cccc6n5N)c4c3)c2)CC1. The summed E-state index contributed by atoms with van der Waals surface area (Å²) in [7, 11) is 5.49. The lowest BCUT2D eigenvalue weighted by Crippen LogP contribution is -2.48. The molecule has 12 heteroatoms. The first-order chi connectivity index (χ1) is 19.3. The van der Waals surface area contributed by atoms with Gasteiger partial charge >= 0.3 is 6.03 Å². The molecule has 0 bridgehead atoms. The van der Waals surface area contributed by atoms with Crippen LogP contribution in [0, 0.1) is 0 Å². The minimum atomic E-state index is -0.138. The van der Waals surface area contributed by atoms with Gasteiger partial charge in [0.1, 0.15) is 0 Å². The predicted molar refractivity (Wildman–Crippen MR) is 154 cm³/mol. The molecule has 4 N–H and O–H groups in total. The van der Waals surface area contributed by atoms with Crippen molar-refractivity contribution >= 4 is 39.6 Å². The topological polar surface area (TPSA) is 141 Å². The molecule has 3 amide bonds. The van der Waals surface area contributed by atoms with Crippen molar-refractivity contribution in [1.29, 1.82) is 0 Å². The van der Waals surface area contributed by atoms with Gasteiger partial charge in [0.15, 0.2) is 5.65 Å². The molecular weight excluding hydrogens is 508 g/mol. The number of benzene rings is 1. The molecule has 6 rings (SSSR count). The summed E-state index contributed by atoms with van der Waals surface area (Å²) in [5, 5.41) is 11.9. The number of hydrogen-bond donors (Lipinski definition) is 3. The molecule has 0 unspecified atom stereocenters. The molecule has 0 radical (unpaired) electrons. The van der Waals surface area contributed by atoms with Crippen molar-refractivity contribution in [3.05, 3.63) is 60.6 Å². The van der Waals surface area contributed by atoms with Gasteiger partial charge < -0.3 is 25.9 Å². The van der Waals surface area contributed by atoms with Crippen LogP contribution in [-0.4, -0.2) is 98.8 Å². The number of pyridine rings is 2. The summed E-state index contributed by atoms with van der Waals surface area (Å²) in [6.45, 7) is 3.06. The zero-order valence-electron chi connectivity index (χ0n) is 22.5. The molecule has 1 aliphatic heterocycles. The zero-order valence-corrected chi connectivity index (χ0v) is 22.5. The van der Waals surface area contributed by atoms with E-state index < -0.39 is 0 Å². The van der Waals surface area contributed by atoms with E-state index in [1.807, 2.05) is 35.2 Å². The maximum atomic E-state index is 12.8. The van der Waals surface area contributed by atoms with Gasteiger partial charge in [-0.3, -0.25) is 19.6 Å². The van der Waals surface area contributed by atoms with Crippen LogP contribution in [0.5, 0.6) is 0 Å². The molecule has 1 saturated heterocycles. The van der Waals surface area contributed by atoms with Crippen molar-refractivity contribution in [2.75, 3.05) is 58.5 Å². The van der Waals surface area contributed by atoms with Gasteiger partial charge in [0.25, 0.3) is 5.91 Å². The highest BCUT2D eigenvalue weighted by Crippen LogP contribution is 2.33. The highest BCUT2D eigenvalue weighted by Gasteiger charge is 2.21. The van der Waals surface area contributed by atoms with E-state index in [1.54, 1.807) is 48.3 Å². The van der Waals surface area contributed by atoms with E-state index in [0.29, 0.717) is 41.4 Å². The Labute approximate surface area is 230 Å². The van der Waals surface area contributed by atoms with Gasteiger partial charge in [0, 0.05) is 80.1 Å². The van der Waals surface area contributed by atoms with Crippen LogP contribution in [0.2, 0.25) is 0 Å². The van der Waals surface area contributed by atoms with E-state index in [0.717, 1.165) is 40.5 Å². The number of nitrogens with zero attached hydrogens (tertiary/aromatic N) is 7. The van der Waals surface area contributed by atoms with Crippen LogP contribution in [0.1, 0.15) is 10.4 Å². The lowest BCUT2D eigenvalue weighted by molar-refractivity contribution is 0.0829. The van der Waals surface area contributed by atoms with Gasteiger partial charge in [-0.15, -0.1) is 0 Å². The normalized spacial score (nSPS) is 14.1. The van der Waals surface area contributed by atoms with Crippen molar-refractivity contribution in [2.45, 2.75) is 0 Å². The average Bonchev–Trinajstić information content (AvgIpc) is 3.53. The van der Waals surface area contributed by atoms with Crippen molar-refractivity contribution in [3.63, 3.8) is 0 Å². The van der Waals surface area contributed by atoms with E-state index in [-0.39, 0.29) is 11.9 Å². The van der Waals surface area contributed by atoms with E-state index in [9.17, 15) is 9.59 Å². The quantitative estimate of drug-likeness (QED) is 0.299. The highest BCUT2D eigenvalue weighted by molar-refractivity contribution is 6.08. The van der Waals surface area contributed by atoms with E-state index in [1.165, 1.54) is 0 Å². The minimum Gasteiger partial charge on any atom is -0.345 e. The van der Waals surface area contributed by atoms with Gasteiger partial charge in [-0.1, -0.05) is 6.07 Å². The third-order valence-electron chi connectivity index (χ3n) is 7.30. The first-order valence-corrected chi connectivity index (χ1v) is 13.0. The summed E-state index contributed by atoms with van der Waals surface area (Å²) in [6.07, 6.45) is 5.08. The Morgan fingerprint density at radius 1 is 1.00 bits per heavy atom. The summed E-state index contributed by atoms with van der Waals surface area (Å²) in [6, 6.07) is 11.1. The number of rotatable bonds is 4. The molecule has 204 valence electrons. The Morgan fingerprint density at radius 2 is 1.77 bits per heavy atom. The number of aromatic nitrogens is 5. The van der Waals surface area contributed by atoms with Crippen LogP contribution in [0.25, 0.3) is 44.5 Å². The summed E-state index contributed by atoms with van der Waals surface area (Å²) >= 11 is 0. The van der Waals surface area contributed by atoms with E-state index >= 15 is 0 Å². The smallest absolute Gasteiger partial charge is 0.321 e. The fourth-order valence-corrected chi connectivity index (χ4v) is 5.00. The number of piperazine rings is 1. The van der Waals surface area contributed by atoms with Crippen LogP contribution in [-0.2, 0) is 0 Å². The first-order valence-electron chi connectivity index (χ1n) is 13.0. The van der Waals surface area contributed by atoms with Crippen LogP contribution in [0.4, 0.5) is 10.5 Å². The number of H-pyrrole nitrogens is 1. The molecule has 5 aromatic rings. The van der Waals surface area contributed by atoms with E-state index in [2.05, 4.69) is 37.4 Å². The molecule has 0 atom stereocenters. The Kier molecular flexibility index (Phi) is 6.31. The molecule has 0 aliphatic carbocycles. The molecule has 1 aliphatic rings. The number of anilines is 1. The predicted octanol–water partition coefficient (Wildman–Crippen LogP) is 2.84. The molecule has 1 aromatic carbocycles. The fraction of sp³-hybridized carbons (Fsp3) is 0.250. The Balaban J connectivity index is 1.34. The summed E-state index contributed by atoms with van der Waals surface area (Å²) in [4.78, 5) is 40.0. The number of nitrogens with one attached hydrogen (secondary N) is 2. The van der Waals surface area contributed by atoms with Gasteiger partial charge in [-0.25, -0.2) is 9.78 Å². The number of carbonyl (C=O) groups excluding carboxylic acids is 2. The number of likely N-dealkylation sites (N-methyl/N-ethyl adjacent to an activating group) is 1. The second kappa shape index (κ2) is 9.97. The maximum absolute atomic E-state index is 12.8. The molecule has 40 heavy (non-hydrogen) atoms. The first kappa shape index (κ1) is 25.3.